The van der Waals surface area contributed by atoms with Crippen molar-refractivity contribution in [3.05, 3.63) is 40.5 Å². The van der Waals surface area contributed by atoms with Gasteiger partial charge < -0.3 is 4.98 Å². The molecular formula is C9H10N4O. The van der Waals surface area contributed by atoms with Crippen LogP contribution in [-0.2, 0) is 0 Å². The highest BCUT2D eigenvalue weighted by Gasteiger charge is 2.02. The van der Waals surface area contributed by atoms with Gasteiger partial charge in [0, 0.05) is 18.5 Å². The Morgan fingerprint density at radius 3 is 2.79 bits per heavy atom. The molecule has 2 heterocycles. The Hall–Kier alpha value is -1.91. The average molecular weight is 190 g/mol. The number of aromatic nitrogens is 4. The smallest absolute Gasteiger partial charge is 0.253 e. The molecule has 0 saturated heterocycles. The summed E-state index contributed by atoms with van der Waals surface area (Å²) >= 11 is 0. The maximum absolute atomic E-state index is 11.2. The molecule has 1 N–H and O–H groups in total. The maximum atomic E-state index is 11.2. The first-order valence-corrected chi connectivity index (χ1v) is 4.25. The first-order chi connectivity index (χ1) is 6.66. The van der Waals surface area contributed by atoms with Crippen molar-refractivity contribution in [3.63, 3.8) is 0 Å². The highest BCUT2D eigenvalue weighted by molar-refractivity contribution is 5.22. The van der Waals surface area contributed by atoms with Crippen molar-refractivity contribution in [2.45, 2.75) is 13.8 Å². The molecule has 0 aromatic carbocycles. The predicted molar refractivity (Wildman–Crippen MR) is 51.5 cm³/mol. The second kappa shape index (κ2) is 3.10. The van der Waals surface area contributed by atoms with E-state index in [2.05, 4.69) is 15.0 Å². The van der Waals surface area contributed by atoms with Gasteiger partial charge in [0.05, 0.1) is 0 Å². The van der Waals surface area contributed by atoms with Crippen LogP contribution in [0.25, 0.3) is 5.82 Å². The Bertz CT molecular complexity index is 512. The minimum atomic E-state index is -0.152. The van der Waals surface area contributed by atoms with Crippen LogP contribution < -0.4 is 5.56 Å². The van der Waals surface area contributed by atoms with E-state index in [4.69, 9.17) is 0 Å². The van der Waals surface area contributed by atoms with Gasteiger partial charge in [-0.05, 0) is 13.8 Å². The van der Waals surface area contributed by atoms with Gasteiger partial charge >= 0.3 is 0 Å². The number of aryl methyl sites for hydroxylation is 2. The molecule has 2 aromatic rings. The van der Waals surface area contributed by atoms with E-state index in [1.807, 2.05) is 6.92 Å². The molecule has 2 aromatic heterocycles. The highest BCUT2D eigenvalue weighted by Crippen LogP contribution is 2.04. The fraction of sp³-hybridized carbons (Fsp3) is 0.222. The van der Waals surface area contributed by atoms with Crippen molar-refractivity contribution in [1.29, 1.82) is 0 Å². The van der Waals surface area contributed by atoms with Gasteiger partial charge in [0.1, 0.15) is 17.5 Å². The Balaban J connectivity index is 2.63. The predicted octanol–water partition coefficient (Wildman–Crippen LogP) is 0.572. The van der Waals surface area contributed by atoms with Crippen molar-refractivity contribution in [1.82, 2.24) is 19.5 Å². The highest BCUT2D eigenvalue weighted by atomic mass is 16.1. The largest absolute Gasteiger partial charge is 0.311 e. The fourth-order valence-electron chi connectivity index (χ4n) is 1.31. The first kappa shape index (κ1) is 8.68. The standard InChI is InChI=1S/C9H10N4O/c1-6-11-8(5-9(14)12-6)13-4-3-10-7(13)2/h3-5H,1-2H3,(H,11,12,14). The van der Waals surface area contributed by atoms with Gasteiger partial charge in [-0.3, -0.25) is 9.36 Å². The normalized spacial score (nSPS) is 10.4. The molecule has 0 bridgehead atoms. The Kier molecular flexibility index (Phi) is 1.92. The molecule has 0 atom stereocenters. The molecule has 0 spiro atoms. The molecule has 5 heteroatoms. The maximum Gasteiger partial charge on any atom is 0.253 e. The second-order valence-corrected chi connectivity index (χ2v) is 3.03. The summed E-state index contributed by atoms with van der Waals surface area (Å²) in [6.07, 6.45) is 3.45. The third-order valence-corrected chi connectivity index (χ3v) is 1.92. The number of H-pyrrole nitrogens is 1. The van der Waals surface area contributed by atoms with E-state index < -0.39 is 0 Å². The molecule has 0 aliphatic carbocycles. The van der Waals surface area contributed by atoms with Crippen LogP contribution in [0.4, 0.5) is 0 Å². The van der Waals surface area contributed by atoms with Crippen molar-refractivity contribution in [3.8, 4) is 5.82 Å². The summed E-state index contributed by atoms with van der Waals surface area (Å²) in [6.45, 7) is 3.61. The Labute approximate surface area is 80.5 Å². The van der Waals surface area contributed by atoms with E-state index >= 15 is 0 Å². The van der Waals surface area contributed by atoms with Crippen LogP contribution in [-0.4, -0.2) is 19.5 Å². The minimum absolute atomic E-state index is 0.152. The van der Waals surface area contributed by atoms with E-state index in [1.54, 1.807) is 23.9 Å². The lowest BCUT2D eigenvalue weighted by Gasteiger charge is -2.03. The van der Waals surface area contributed by atoms with Gasteiger partial charge in [-0.15, -0.1) is 0 Å². The zero-order valence-corrected chi connectivity index (χ0v) is 7.98. The van der Waals surface area contributed by atoms with Gasteiger partial charge in [-0.25, -0.2) is 9.97 Å². The van der Waals surface area contributed by atoms with Crippen LogP contribution in [0.1, 0.15) is 11.6 Å². The van der Waals surface area contributed by atoms with Gasteiger partial charge in [0.2, 0.25) is 0 Å². The zero-order valence-electron chi connectivity index (χ0n) is 7.98. The molecule has 2 rings (SSSR count). The monoisotopic (exact) mass is 190 g/mol. The van der Waals surface area contributed by atoms with Crippen LogP contribution in [0.2, 0.25) is 0 Å². The lowest BCUT2D eigenvalue weighted by atomic mass is 10.5. The van der Waals surface area contributed by atoms with Crippen molar-refractivity contribution in [2.24, 2.45) is 0 Å². The van der Waals surface area contributed by atoms with Crippen LogP contribution >= 0.6 is 0 Å². The molecular weight excluding hydrogens is 180 g/mol. The number of nitrogens with zero attached hydrogens (tertiary/aromatic N) is 3. The van der Waals surface area contributed by atoms with Crippen LogP contribution in [0.5, 0.6) is 0 Å². The Morgan fingerprint density at radius 1 is 1.43 bits per heavy atom. The number of hydrogen-bond acceptors (Lipinski definition) is 3. The lowest BCUT2D eigenvalue weighted by Crippen LogP contribution is -2.12. The van der Waals surface area contributed by atoms with E-state index in [9.17, 15) is 4.79 Å². The topological polar surface area (TPSA) is 63.6 Å². The summed E-state index contributed by atoms with van der Waals surface area (Å²) in [4.78, 5) is 22.0. The van der Waals surface area contributed by atoms with E-state index in [0.717, 1.165) is 5.82 Å². The summed E-state index contributed by atoms with van der Waals surface area (Å²) in [5.41, 5.74) is -0.152. The quantitative estimate of drug-likeness (QED) is 0.715. The molecule has 0 aliphatic rings. The molecule has 5 nitrogen and oxygen atoms in total. The van der Waals surface area contributed by atoms with E-state index in [-0.39, 0.29) is 5.56 Å². The van der Waals surface area contributed by atoms with Crippen molar-refractivity contribution in [2.75, 3.05) is 0 Å². The van der Waals surface area contributed by atoms with E-state index in [1.165, 1.54) is 6.07 Å². The van der Waals surface area contributed by atoms with Gasteiger partial charge in [0.25, 0.3) is 5.56 Å². The average Bonchev–Trinajstić information content (AvgIpc) is 2.49. The number of nitrogens with one attached hydrogen (secondary N) is 1. The molecule has 0 amide bonds. The summed E-state index contributed by atoms with van der Waals surface area (Å²) in [7, 11) is 0. The number of imidazole rings is 1. The third kappa shape index (κ3) is 1.44. The van der Waals surface area contributed by atoms with E-state index in [0.29, 0.717) is 11.6 Å². The molecule has 72 valence electrons. The number of hydrogen-bond donors (Lipinski definition) is 1. The van der Waals surface area contributed by atoms with Gasteiger partial charge in [-0.2, -0.15) is 0 Å². The number of rotatable bonds is 1. The SMILES string of the molecule is Cc1nc(-n2ccnc2C)cc(=O)[nH]1. The van der Waals surface area contributed by atoms with Gasteiger partial charge in [0.15, 0.2) is 0 Å². The minimum Gasteiger partial charge on any atom is -0.311 e. The Morgan fingerprint density at radius 2 is 2.21 bits per heavy atom. The van der Waals surface area contributed by atoms with Crippen LogP contribution in [0.3, 0.4) is 0 Å². The lowest BCUT2D eigenvalue weighted by molar-refractivity contribution is 0.889. The molecule has 0 aliphatic heterocycles. The number of aromatic amines is 1. The third-order valence-electron chi connectivity index (χ3n) is 1.92. The second-order valence-electron chi connectivity index (χ2n) is 3.03. The fourth-order valence-corrected chi connectivity index (χ4v) is 1.31. The molecule has 0 saturated carbocycles. The van der Waals surface area contributed by atoms with Crippen molar-refractivity contribution >= 4 is 0 Å². The molecule has 0 unspecified atom stereocenters. The molecule has 14 heavy (non-hydrogen) atoms. The summed E-state index contributed by atoms with van der Waals surface area (Å²) in [5, 5.41) is 0. The molecule has 0 fully saturated rings. The van der Waals surface area contributed by atoms with Crippen LogP contribution in [0.15, 0.2) is 23.3 Å². The van der Waals surface area contributed by atoms with Crippen LogP contribution in [0, 0.1) is 13.8 Å². The van der Waals surface area contributed by atoms with Gasteiger partial charge in [-0.1, -0.05) is 0 Å². The summed E-state index contributed by atoms with van der Waals surface area (Å²) in [5.74, 6) is 2.00. The summed E-state index contributed by atoms with van der Waals surface area (Å²) in [6, 6.07) is 1.45. The first-order valence-electron chi connectivity index (χ1n) is 4.25. The zero-order chi connectivity index (χ0) is 10.1. The summed E-state index contributed by atoms with van der Waals surface area (Å²) < 4.78 is 1.77. The molecule has 0 radical (unpaired) electrons. The van der Waals surface area contributed by atoms with Crippen molar-refractivity contribution < 1.29 is 0 Å².